The molecule has 4 rings (SSSR count). The SMILES string of the molecule is Oc1cccc(CN2CCc3nc(-c4cccs4)ncc3C2)c1O. The third kappa shape index (κ3) is 2.86. The van der Waals surface area contributed by atoms with Gasteiger partial charge >= 0.3 is 0 Å². The van der Waals surface area contributed by atoms with Gasteiger partial charge in [-0.15, -0.1) is 11.3 Å². The summed E-state index contributed by atoms with van der Waals surface area (Å²) in [6, 6.07) is 9.11. The van der Waals surface area contributed by atoms with Crippen LogP contribution < -0.4 is 0 Å². The number of fused-ring (bicyclic) bond motifs is 1. The van der Waals surface area contributed by atoms with Gasteiger partial charge in [-0.1, -0.05) is 18.2 Å². The molecule has 0 saturated carbocycles. The van der Waals surface area contributed by atoms with Crippen LogP contribution in [0.5, 0.6) is 11.5 Å². The molecule has 1 aliphatic rings. The topological polar surface area (TPSA) is 69.5 Å². The molecule has 0 aliphatic carbocycles. The number of aromatic hydroxyl groups is 2. The van der Waals surface area contributed by atoms with Crippen LogP contribution in [-0.4, -0.2) is 31.6 Å². The van der Waals surface area contributed by atoms with E-state index >= 15 is 0 Å². The Hall–Kier alpha value is -2.44. The highest BCUT2D eigenvalue weighted by molar-refractivity contribution is 7.13. The quantitative estimate of drug-likeness (QED) is 0.717. The summed E-state index contributed by atoms with van der Waals surface area (Å²) < 4.78 is 0. The average molecular weight is 339 g/mol. The Balaban J connectivity index is 1.53. The minimum atomic E-state index is -0.0752. The van der Waals surface area contributed by atoms with Gasteiger partial charge in [-0.05, 0) is 17.5 Å². The van der Waals surface area contributed by atoms with Crippen LogP contribution in [0.3, 0.4) is 0 Å². The van der Waals surface area contributed by atoms with Crippen molar-refractivity contribution in [3.05, 3.63) is 58.7 Å². The summed E-state index contributed by atoms with van der Waals surface area (Å²) in [5.41, 5.74) is 2.96. The molecule has 0 atom stereocenters. The molecule has 0 bridgehead atoms. The Labute approximate surface area is 143 Å². The number of nitrogens with zero attached hydrogens (tertiary/aromatic N) is 3. The van der Waals surface area contributed by atoms with E-state index in [0.29, 0.717) is 6.54 Å². The first-order valence-electron chi connectivity index (χ1n) is 7.81. The van der Waals surface area contributed by atoms with Gasteiger partial charge in [0, 0.05) is 43.4 Å². The Morgan fingerprint density at radius 1 is 1.17 bits per heavy atom. The second kappa shape index (κ2) is 6.22. The molecule has 6 heteroatoms. The van der Waals surface area contributed by atoms with Crippen molar-refractivity contribution in [3.63, 3.8) is 0 Å². The number of phenols is 2. The summed E-state index contributed by atoms with van der Waals surface area (Å²) in [5.74, 6) is 0.684. The summed E-state index contributed by atoms with van der Waals surface area (Å²) in [6.45, 7) is 2.20. The molecule has 0 radical (unpaired) electrons. The smallest absolute Gasteiger partial charge is 0.169 e. The molecule has 0 amide bonds. The largest absolute Gasteiger partial charge is 0.504 e. The maximum atomic E-state index is 9.97. The lowest BCUT2D eigenvalue weighted by Crippen LogP contribution is -2.31. The normalized spacial score (nSPS) is 14.5. The van der Waals surface area contributed by atoms with Gasteiger partial charge in [0.1, 0.15) is 0 Å². The van der Waals surface area contributed by atoms with Crippen LogP contribution in [0.2, 0.25) is 0 Å². The molecule has 2 N–H and O–H groups in total. The summed E-state index contributed by atoms with van der Waals surface area (Å²) >= 11 is 1.65. The van der Waals surface area contributed by atoms with Gasteiger partial charge in [-0.3, -0.25) is 4.90 Å². The highest BCUT2D eigenvalue weighted by atomic mass is 32.1. The van der Waals surface area contributed by atoms with Crippen LogP contribution in [0.4, 0.5) is 0 Å². The van der Waals surface area contributed by atoms with Gasteiger partial charge in [0.25, 0.3) is 0 Å². The zero-order valence-corrected chi connectivity index (χ0v) is 13.8. The molecular formula is C18H17N3O2S. The van der Waals surface area contributed by atoms with E-state index in [0.717, 1.165) is 47.0 Å². The Kier molecular flexibility index (Phi) is 3.92. The third-order valence-corrected chi connectivity index (χ3v) is 5.11. The molecule has 3 heterocycles. The third-order valence-electron chi connectivity index (χ3n) is 4.25. The van der Waals surface area contributed by atoms with Crippen molar-refractivity contribution >= 4 is 11.3 Å². The van der Waals surface area contributed by atoms with Gasteiger partial charge < -0.3 is 10.2 Å². The molecular weight excluding hydrogens is 322 g/mol. The summed E-state index contributed by atoms with van der Waals surface area (Å²) in [5, 5.41) is 21.6. The number of phenolic OH excluding ortho intramolecular Hbond substituents is 2. The van der Waals surface area contributed by atoms with Gasteiger partial charge in [-0.2, -0.15) is 0 Å². The van der Waals surface area contributed by atoms with Crippen molar-refractivity contribution in [1.82, 2.24) is 14.9 Å². The van der Waals surface area contributed by atoms with E-state index in [9.17, 15) is 10.2 Å². The van der Waals surface area contributed by atoms with Crippen molar-refractivity contribution in [2.45, 2.75) is 19.5 Å². The van der Waals surface area contributed by atoms with Gasteiger partial charge in [-0.25, -0.2) is 9.97 Å². The van der Waals surface area contributed by atoms with E-state index in [2.05, 4.69) is 9.88 Å². The standard InChI is InChI=1S/C18H17N3O2S/c22-15-4-1-3-12(17(15)23)10-21-7-6-14-13(11-21)9-19-18(20-14)16-5-2-8-24-16/h1-5,8-9,22-23H,6-7,10-11H2. The van der Waals surface area contributed by atoms with E-state index < -0.39 is 0 Å². The van der Waals surface area contributed by atoms with Crippen LogP contribution in [0.15, 0.2) is 41.9 Å². The number of hydrogen-bond acceptors (Lipinski definition) is 6. The molecule has 0 unspecified atom stereocenters. The van der Waals surface area contributed by atoms with Crippen molar-refractivity contribution in [3.8, 4) is 22.2 Å². The monoisotopic (exact) mass is 339 g/mol. The fourth-order valence-corrected chi connectivity index (χ4v) is 3.64. The van der Waals surface area contributed by atoms with Gasteiger partial charge in [0.15, 0.2) is 17.3 Å². The maximum Gasteiger partial charge on any atom is 0.169 e. The molecule has 0 saturated heterocycles. The Morgan fingerprint density at radius 3 is 2.92 bits per heavy atom. The summed E-state index contributed by atoms with van der Waals surface area (Å²) in [6.07, 6.45) is 2.77. The van der Waals surface area contributed by atoms with E-state index in [4.69, 9.17) is 4.98 Å². The number of benzene rings is 1. The Morgan fingerprint density at radius 2 is 2.08 bits per heavy atom. The lowest BCUT2D eigenvalue weighted by Gasteiger charge is -2.28. The molecule has 1 aliphatic heterocycles. The first kappa shape index (κ1) is 15.1. The van der Waals surface area contributed by atoms with E-state index in [-0.39, 0.29) is 11.5 Å². The van der Waals surface area contributed by atoms with Crippen molar-refractivity contribution < 1.29 is 10.2 Å². The van der Waals surface area contributed by atoms with Gasteiger partial charge in [0.2, 0.25) is 0 Å². The fourth-order valence-electron chi connectivity index (χ4n) is 2.98. The van der Waals surface area contributed by atoms with Crippen LogP contribution >= 0.6 is 11.3 Å². The van der Waals surface area contributed by atoms with Crippen LogP contribution in [-0.2, 0) is 19.5 Å². The molecule has 1 aromatic carbocycles. The molecule has 122 valence electrons. The van der Waals surface area contributed by atoms with Crippen LogP contribution in [0, 0.1) is 0 Å². The number of thiophene rings is 1. The second-order valence-electron chi connectivity index (χ2n) is 5.89. The first-order chi connectivity index (χ1) is 11.7. The number of rotatable bonds is 3. The number of para-hydroxylation sites is 1. The van der Waals surface area contributed by atoms with Crippen molar-refractivity contribution in [1.29, 1.82) is 0 Å². The zero-order valence-electron chi connectivity index (χ0n) is 13.0. The fraction of sp³-hybridized carbons (Fsp3) is 0.222. The summed E-state index contributed by atoms with van der Waals surface area (Å²) in [7, 11) is 0. The van der Waals surface area contributed by atoms with Crippen molar-refractivity contribution in [2.75, 3.05) is 6.54 Å². The minimum Gasteiger partial charge on any atom is -0.504 e. The average Bonchev–Trinajstić information content (AvgIpc) is 3.13. The zero-order chi connectivity index (χ0) is 16.5. The predicted molar refractivity (Wildman–Crippen MR) is 92.9 cm³/mol. The minimum absolute atomic E-state index is 0.0346. The highest BCUT2D eigenvalue weighted by Crippen LogP contribution is 2.30. The van der Waals surface area contributed by atoms with E-state index in [1.807, 2.05) is 29.8 Å². The molecule has 5 nitrogen and oxygen atoms in total. The molecule has 2 aromatic heterocycles. The maximum absolute atomic E-state index is 9.97. The lowest BCUT2D eigenvalue weighted by atomic mass is 10.1. The number of hydrogen-bond donors (Lipinski definition) is 2. The molecule has 3 aromatic rings. The lowest BCUT2D eigenvalue weighted by molar-refractivity contribution is 0.239. The van der Waals surface area contributed by atoms with E-state index in [1.54, 1.807) is 17.4 Å². The highest BCUT2D eigenvalue weighted by Gasteiger charge is 2.20. The number of aromatic nitrogens is 2. The molecule has 0 fully saturated rings. The van der Waals surface area contributed by atoms with Crippen LogP contribution in [0.1, 0.15) is 16.8 Å². The predicted octanol–water partition coefficient (Wildman–Crippen LogP) is 3.17. The van der Waals surface area contributed by atoms with E-state index in [1.165, 1.54) is 6.07 Å². The van der Waals surface area contributed by atoms with Gasteiger partial charge in [0.05, 0.1) is 10.6 Å². The molecule has 0 spiro atoms. The molecule has 24 heavy (non-hydrogen) atoms. The second-order valence-corrected chi connectivity index (χ2v) is 6.84. The summed E-state index contributed by atoms with van der Waals surface area (Å²) in [4.78, 5) is 12.5. The Bertz CT molecular complexity index is 865. The van der Waals surface area contributed by atoms with Crippen LogP contribution in [0.25, 0.3) is 10.7 Å². The van der Waals surface area contributed by atoms with Crippen molar-refractivity contribution in [2.24, 2.45) is 0 Å². The first-order valence-corrected chi connectivity index (χ1v) is 8.69.